The lowest BCUT2D eigenvalue weighted by atomic mass is 9.85. The summed E-state index contributed by atoms with van der Waals surface area (Å²) in [6, 6.07) is 3.61. The molecule has 0 bridgehead atoms. The highest BCUT2D eigenvalue weighted by Gasteiger charge is 2.37. The third kappa shape index (κ3) is 4.75. The molecule has 1 amide bonds. The molecule has 2 fully saturated rings. The van der Waals surface area contributed by atoms with Crippen molar-refractivity contribution < 1.29 is 23.5 Å². The van der Waals surface area contributed by atoms with Crippen LogP contribution in [0.4, 0.5) is 8.78 Å². The molecule has 0 spiro atoms. The van der Waals surface area contributed by atoms with E-state index in [0.717, 1.165) is 31.5 Å². The van der Waals surface area contributed by atoms with E-state index in [1.807, 2.05) is 4.90 Å². The molecule has 2 aliphatic carbocycles. The Kier molecular flexibility index (Phi) is 5.32. The van der Waals surface area contributed by atoms with Gasteiger partial charge in [-0.1, -0.05) is 6.07 Å². The Labute approximate surface area is 145 Å². The van der Waals surface area contributed by atoms with Gasteiger partial charge in [-0.2, -0.15) is 0 Å². The summed E-state index contributed by atoms with van der Waals surface area (Å²) in [4.78, 5) is 25.0. The molecule has 0 heterocycles. The van der Waals surface area contributed by atoms with Gasteiger partial charge in [0.1, 0.15) is 11.6 Å². The standard InChI is InChI=1S/C18H22F2N2O3/c19-15-2-1-3-16(20)14(15)8-17(23)21-12-6-13(7-12)22(10-18(24)25)9-11-4-5-11/h1-3,11-13H,4-10H2,(H,21,23)(H,24,25). The number of nitrogens with one attached hydrogen (secondary N) is 1. The van der Waals surface area contributed by atoms with Crippen LogP contribution >= 0.6 is 0 Å². The van der Waals surface area contributed by atoms with E-state index in [9.17, 15) is 18.4 Å². The Morgan fingerprint density at radius 2 is 1.84 bits per heavy atom. The van der Waals surface area contributed by atoms with Crippen LogP contribution in [0.2, 0.25) is 0 Å². The van der Waals surface area contributed by atoms with E-state index in [1.165, 1.54) is 6.07 Å². The predicted octanol–water partition coefficient (Wildman–Crippen LogP) is 1.95. The number of amides is 1. The number of carbonyl (C=O) groups excluding carboxylic acids is 1. The number of rotatable bonds is 8. The van der Waals surface area contributed by atoms with Crippen molar-refractivity contribution in [3.8, 4) is 0 Å². The largest absolute Gasteiger partial charge is 0.480 e. The van der Waals surface area contributed by atoms with Crippen LogP contribution in [-0.2, 0) is 16.0 Å². The molecule has 136 valence electrons. The smallest absolute Gasteiger partial charge is 0.317 e. The molecule has 2 aliphatic rings. The van der Waals surface area contributed by atoms with Crippen LogP contribution in [0.3, 0.4) is 0 Å². The second-order valence-corrected chi connectivity index (χ2v) is 7.03. The van der Waals surface area contributed by atoms with Crippen molar-refractivity contribution in [3.63, 3.8) is 0 Å². The van der Waals surface area contributed by atoms with E-state index < -0.39 is 23.5 Å². The summed E-state index contributed by atoms with van der Waals surface area (Å²) in [7, 11) is 0. The van der Waals surface area contributed by atoms with Gasteiger partial charge in [0.2, 0.25) is 5.91 Å². The van der Waals surface area contributed by atoms with Crippen molar-refractivity contribution in [1.29, 1.82) is 0 Å². The zero-order chi connectivity index (χ0) is 18.0. The molecule has 1 aromatic rings. The highest BCUT2D eigenvalue weighted by molar-refractivity contribution is 5.79. The number of carboxylic acid groups (broad SMARTS) is 1. The first-order valence-electron chi connectivity index (χ1n) is 8.60. The predicted molar refractivity (Wildman–Crippen MR) is 86.9 cm³/mol. The Bertz CT molecular complexity index is 637. The summed E-state index contributed by atoms with van der Waals surface area (Å²) < 4.78 is 27.2. The lowest BCUT2D eigenvalue weighted by Crippen LogP contribution is -2.55. The van der Waals surface area contributed by atoms with Crippen LogP contribution < -0.4 is 5.32 Å². The first-order chi connectivity index (χ1) is 11.9. The zero-order valence-electron chi connectivity index (χ0n) is 13.9. The average Bonchev–Trinajstić information content (AvgIpc) is 3.29. The van der Waals surface area contributed by atoms with Gasteiger partial charge >= 0.3 is 5.97 Å². The molecular weight excluding hydrogens is 330 g/mol. The number of halogens is 2. The molecule has 0 saturated heterocycles. The van der Waals surface area contributed by atoms with Crippen LogP contribution in [-0.4, -0.2) is 47.1 Å². The van der Waals surface area contributed by atoms with E-state index in [1.54, 1.807) is 0 Å². The van der Waals surface area contributed by atoms with Gasteiger partial charge in [-0.25, -0.2) is 8.78 Å². The van der Waals surface area contributed by atoms with E-state index in [-0.39, 0.29) is 30.6 Å². The van der Waals surface area contributed by atoms with Gasteiger partial charge in [0.15, 0.2) is 0 Å². The van der Waals surface area contributed by atoms with E-state index in [2.05, 4.69) is 5.32 Å². The van der Waals surface area contributed by atoms with Crippen LogP contribution in [0, 0.1) is 17.6 Å². The average molecular weight is 352 g/mol. The maximum absolute atomic E-state index is 13.6. The van der Waals surface area contributed by atoms with E-state index in [4.69, 9.17) is 5.11 Å². The van der Waals surface area contributed by atoms with Gasteiger partial charge < -0.3 is 10.4 Å². The van der Waals surface area contributed by atoms with Gasteiger partial charge in [0, 0.05) is 24.2 Å². The molecule has 5 nitrogen and oxygen atoms in total. The maximum Gasteiger partial charge on any atom is 0.317 e. The van der Waals surface area contributed by atoms with Crippen molar-refractivity contribution in [2.75, 3.05) is 13.1 Å². The molecule has 0 radical (unpaired) electrons. The lowest BCUT2D eigenvalue weighted by Gasteiger charge is -2.42. The summed E-state index contributed by atoms with van der Waals surface area (Å²) in [5, 5.41) is 11.8. The number of aliphatic carboxylic acids is 1. The van der Waals surface area contributed by atoms with Gasteiger partial charge in [-0.3, -0.25) is 14.5 Å². The minimum absolute atomic E-state index is 0.0161. The normalized spacial score (nSPS) is 22.5. The maximum atomic E-state index is 13.6. The number of benzene rings is 1. The first kappa shape index (κ1) is 17.8. The summed E-state index contributed by atoms with van der Waals surface area (Å²) >= 11 is 0. The topological polar surface area (TPSA) is 69.6 Å². The summed E-state index contributed by atoms with van der Waals surface area (Å²) in [5.74, 6) is -2.11. The molecule has 0 aromatic heterocycles. The Morgan fingerprint density at radius 1 is 1.20 bits per heavy atom. The molecule has 2 N–H and O–H groups in total. The number of carbonyl (C=O) groups is 2. The Morgan fingerprint density at radius 3 is 2.40 bits per heavy atom. The van der Waals surface area contributed by atoms with Gasteiger partial charge in [-0.05, 0) is 43.7 Å². The van der Waals surface area contributed by atoms with E-state index in [0.29, 0.717) is 18.8 Å². The van der Waals surface area contributed by atoms with Gasteiger partial charge in [-0.15, -0.1) is 0 Å². The number of hydrogen-bond donors (Lipinski definition) is 2. The van der Waals surface area contributed by atoms with Crippen LogP contribution in [0.5, 0.6) is 0 Å². The quantitative estimate of drug-likeness (QED) is 0.750. The van der Waals surface area contributed by atoms with Crippen molar-refractivity contribution >= 4 is 11.9 Å². The number of hydrogen-bond acceptors (Lipinski definition) is 3. The van der Waals surface area contributed by atoms with Crippen molar-refractivity contribution in [3.05, 3.63) is 35.4 Å². The molecule has 0 unspecified atom stereocenters. The molecule has 0 atom stereocenters. The molecule has 0 aliphatic heterocycles. The fourth-order valence-corrected chi connectivity index (χ4v) is 3.29. The summed E-state index contributed by atoms with van der Waals surface area (Å²) in [5.41, 5.74) is -0.225. The molecule has 2 saturated carbocycles. The molecule has 25 heavy (non-hydrogen) atoms. The number of nitrogens with zero attached hydrogens (tertiary/aromatic N) is 1. The Hall–Kier alpha value is -2.02. The second kappa shape index (κ2) is 7.47. The molecule has 1 aromatic carbocycles. The second-order valence-electron chi connectivity index (χ2n) is 7.03. The van der Waals surface area contributed by atoms with Crippen LogP contribution in [0.15, 0.2) is 18.2 Å². The summed E-state index contributed by atoms with van der Waals surface area (Å²) in [6.45, 7) is 0.806. The fraction of sp³-hybridized carbons (Fsp3) is 0.556. The van der Waals surface area contributed by atoms with Crippen LogP contribution in [0.25, 0.3) is 0 Å². The third-order valence-electron chi connectivity index (χ3n) is 4.92. The molecule has 7 heteroatoms. The first-order valence-corrected chi connectivity index (χ1v) is 8.60. The molecular formula is C18H22F2N2O3. The van der Waals surface area contributed by atoms with Crippen molar-refractivity contribution in [2.45, 2.75) is 44.2 Å². The minimum atomic E-state index is -0.844. The van der Waals surface area contributed by atoms with Crippen molar-refractivity contribution in [1.82, 2.24) is 10.2 Å². The lowest BCUT2D eigenvalue weighted by molar-refractivity contribution is -0.140. The summed E-state index contributed by atoms with van der Waals surface area (Å²) in [6.07, 6.45) is 3.31. The highest BCUT2D eigenvalue weighted by Crippen LogP contribution is 2.33. The minimum Gasteiger partial charge on any atom is -0.480 e. The van der Waals surface area contributed by atoms with Gasteiger partial charge in [0.05, 0.1) is 13.0 Å². The van der Waals surface area contributed by atoms with E-state index >= 15 is 0 Å². The zero-order valence-corrected chi connectivity index (χ0v) is 13.9. The Balaban J connectivity index is 1.47. The van der Waals surface area contributed by atoms with Gasteiger partial charge in [0.25, 0.3) is 0 Å². The van der Waals surface area contributed by atoms with Crippen molar-refractivity contribution in [2.24, 2.45) is 5.92 Å². The van der Waals surface area contributed by atoms with Crippen LogP contribution in [0.1, 0.15) is 31.2 Å². The monoisotopic (exact) mass is 352 g/mol. The molecule has 3 rings (SSSR count). The number of carboxylic acids is 1. The highest BCUT2D eigenvalue weighted by atomic mass is 19.1. The fourth-order valence-electron chi connectivity index (χ4n) is 3.29. The third-order valence-corrected chi connectivity index (χ3v) is 4.92. The SMILES string of the molecule is O=C(O)CN(CC1CC1)C1CC(NC(=O)Cc2c(F)cccc2F)C1.